The summed E-state index contributed by atoms with van der Waals surface area (Å²) in [5, 5.41) is 5.59. The van der Waals surface area contributed by atoms with Crippen molar-refractivity contribution < 1.29 is 28.6 Å². The Hall–Kier alpha value is -3.54. The number of rotatable bonds is 12. The zero-order chi connectivity index (χ0) is 32.0. The number of nitrogens with zero attached hydrogens (tertiary/aromatic N) is 3. The van der Waals surface area contributed by atoms with Gasteiger partial charge in [0.25, 0.3) is 0 Å². The first-order valence-electron chi connectivity index (χ1n) is 15.1. The third-order valence-corrected chi connectivity index (χ3v) is 6.18. The van der Waals surface area contributed by atoms with Crippen molar-refractivity contribution in [2.45, 2.75) is 91.9 Å². The van der Waals surface area contributed by atoms with Crippen molar-refractivity contribution in [1.82, 2.24) is 20.4 Å². The molecule has 0 unspecified atom stereocenters. The Labute approximate surface area is 256 Å². The van der Waals surface area contributed by atoms with Crippen LogP contribution in [-0.4, -0.2) is 90.9 Å². The van der Waals surface area contributed by atoms with Crippen LogP contribution in [-0.2, 0) is 27.2 Å². The predicted molar refractivity (Wildman–Crippen MR) is 167 cm³/mol. The van der Waals surface area contributed by atoms with Gasteiger partial charge >= 0.3 is 12.2 Å². The van der Waals surface area contributed by atoms with Crippen LogP contribution in [0, 0.1) is 0 Å². The fourth-order valence-electron chi connectivity index (χ4n) is 4.41. The molecule has 1 heterocycles. The summed E-state index contributed by atoms with van der Waals surface area (Å²) in [5.74, 6) is 1.11. The van der Waals surface area contributed by atoms with E-state index in [1.54, 1.807) is 0 Å². The van der Waals surface area contributed by atoms with E-state index < -0.39 is 23.4 Å². The molecule has 43 heavy (non-hydrogen) atoms. The third-order valence-electron chi connectivity index (χ3n) is 6.18. The SMILES string of the molecule is CC(=O)N=C(N(CCCNC(=O)OC(C)(C)C)CCCNC(=O)OC(C)(C)C)N1CCc2cc(OCCCN)ccc2C1. The van der Waals surface area contributed by atoms with Gasteiger partial charge in [-0.05, 0) is 97.0 Å². The van der Waals surface area contributed by atoms with Gasteiger partial charge in [0.05, 0.1) is 6.61 Å². The minimum atomic E-state index is -0.583. The van der Waals surface area contributed by atoms with Crippen LogP contribution in [0.25, 0.3) is 0 Å². The number of aliphatic imine (C=N–C) groups is 1. The second-order valence-electron chi connectivity index (χ2n) is 12.6. The molecular weight excluding hydrogens is 552 g/mol. The average Bonchev–Trinajstić information content (AvgIpc) is 2.88. The Morgan fingerprint density at radius 3 is 2.02 bits per heavy atom. The fraction of sp³-hybridized carbons (Fsp3) is 0.677. The molecule has 1 aliphatic rings. The molecule has 2 rings (SSSR count). The molecule has 0 fully saturated rings. The second kappa shape index (κ2) is 16.9. The molecule has 0 bridgehead atoms. The van der Waals surface area contributed by atoms with Crippen LogP contribution in [0.15, 0.2) is 23.2 Å². The van der Waals surface area contributed by atoms with Crippen molar-refractivity contribution in [2.24, 2.45) is 10.7 Å². The van der Waals surface area contributed by atoms with Crippen molar-refractivity contribution >= 4 is 24.1 Å². The lowest BCUT2D eigenvalue weighted by molar-refractivity contribution is -0.115. The quantitative estimate of drug-likeness (QED) is 0.184. The molecule has 1 aromatic rings. The molecule has 1 aromatic carbocycles. The summed E-state index contributed by atoms with van der Waals surface area (Å²) in [7, 11) is 0. The van der Waals surface area contributed by atoms with Gasteiger partial charge < -0.3 is 40.4 Å². The first kappa shape index (κ1) is 35.7. The summed E-state index contributed by atoms with van der Waals surface area (Å²) >= 11 is 0. The number of hydrogen-bond acceptors (Lipinski definition) is 7. The first-order valence-corrected chi connectivity index (χ1v) is 15.1. The summed E-state index contributed by atoms with van der Waals surface area (Å²) in [6.45, 7) is 16.6. The topological polar surface area (TPSA) is 148 Å². The highest BCUT2D eigenvalue weighted by atomic mass is 16.6. The number of benzene rings is 1. The molecule has 1 aliphatic heterocycles. The van der Waals surface area contributed by atoms with Crippen molar-refractivity contribution in [2.75, 3.05) is 45.9 Å². The van der Waals surface area contributed by atoms with E-state index in [2.05, 4.69) is 32.7 Å². The monoisotopic (exact) mass is 604 g/mol. The van der Waals surface area contributed by atoms with Gasteiger partial charge in [0, 0.05) is 46.2 Å². The van der Waals surface area contributed by atoms with E-state index in [4.69, 9.17) is 19.9 Å². The molecule has 0 radical (unpaired) electrons. The lowest BCUT2D eigenvalue weighted by Crippen LogP contribution is -2.48. The number of ether oxygens (including phenoxy) is 3. The molecule has 242 valence electrons. The van der Waals surface area contributed by atoms with E-state index in [1.807, 2.05) is 52.5 Å². The number of alkyl carbamates (subject to hydrolysis) is 2. The summed E-state index contributed by atoms with van der Waals surface area (Å²) in [5.41, 5.74) is 6.77. The summed E-state index contributed by atoms with van der Waals surface area (Å²) < 4.78 is 16.5. The zero-order valence-corrected chi connectivity index (χ0v) is 27.1. The highest BCUT2D eigenvalue weighted by Crippen LogP contribution is 2.25. The number of fused-ring (bicyclic) bond motifs is 1. The van der Waals surface area contributed by atoms with E-state index in [0.717, 1.165) is 24.2 Å². The van der Waals surface area contributed by atoms with Crippen LogP contribution in [0.5, 0.6) is 5.75 Å². The number of nitrogens with one attached hydrogen (secondary N) is 2. The molecule has 12 nitrogen and oxygen atoms in total. The van der Waals surface area contributed by atoms with Crippen molar-refractivity contribution in [1.29, 1.82) is 0 Å². The Kier molecular flexibility index (Phi) is 14.0. The lowest BCUT2D eigenvalue weighted by atomic mass is 9.99. The van der Waals surface area contributed by atoms with Crippen LogP contribution in [0.2, 0.25) is 0 Å². The van der Waals surface area contributed by atoms with Crippen LogP contribution in [0.3, 0.4) is 0 Å². The lowest BCUT2D eigenvalue weighted by Gasteiger charge is -2.37. The molecule has 0 aliphatic carbocycles. The zero-order valence-electron chi connectivity index (χ0n) is 27.1. The highest BCUT2D eigenvalue weighted by Gasteiger charge is 2.25. The molecule has 0 atom stereocenters. The van der Waals surface area contributed by atoms with Gasteiger partial charge in [-0.15, -0.1) is 0 Å². The number of carbonyl (C=O) groups excluding carboxylic acids is 3. The minimum Gasteiger partial charge on any atom is -0.494 e. The van der Waals surface area contributed by atoms with Gasteiger partial charge in [-0.25, -0.2) is 9.59 Å². The largest absolute Gasteiger partial charge is 0.494 e. The maximum Gasteiger partial charge on any atom is 0.407 e. The van der Waals surface area contributed by atoms with E-state index in [0.29, 0.717) is 71.2 Å². The van der Waals surface area contributed by atoms with E-state index >= 15 is 0 Å². The Balaban J connectivity index is 2.13. The van der Waals surface area contributed by atoms with Gasteiger partial charge in [-0.2, -0.15) is 4.99 Å². The van der Waals surface area contributed by atoms with Crippen LogP contribution >= 0.6 is 0 Å². The number of amides is 3. The Morgan fingerprint density at radius 1 is 0.930 bits per heavy atom. The normalized spacial score (nSPS) is 13.6. The van der Waals surface area contributed by atoms with Gasteiger partial charge in [0.15, 0.2) is 0 Å². The summed E-state index contributed by atoms with van der Waals surface area (Å²) in [6.07, 6.45) is 1.82. The fourth-order valence-corrected chi connectivity index (χ4v) is 4.41. The molecular formula is C31H52N6O6. The van der Waals surface area contributed by atoms with Gasteiger partial charge in [0.1, 0.15) is 17.0 Å². The molecule has 0 saturated carbocycles. The van der Waals surface area contributed by atoms with E-state index in [1.165, 1.54) is 12.5 Å². The van der Waals surface area contributed by atoms with Crippen molar-refractivity contribution in [3.8, 4) is 5.75 Å². The molecule has 0 spiro atoms. The number of guanidine groups is 1. The van der Waals surface area contributed by atoms with Crippen LogP contribution < -0.4 is 21.1 Å². The third kappa shape index (κ3) is 14.5. The van der Waals surface area contributed by atoms with Gasteiger partial charge in [-0.3, -0.25) is 4.79 Å². The molecule has 0 aromatic heterocycles. The molecule has 0 saturated heterocycles. The smallest absolute Gasteiger partial charge is 0.407 e. The van der Waals surface area contributed by atoms with Crippen molar-refractivity contribution in [3.05, 3.63) is 29.3 Å². The minimum absolute atomic E-state index is 0.298. The first-order chi connectivity index (χ1) is 20.2. The number of nitrogens with two attached hydrogens (primary N) is 1. The second-order valence-corrected chi connectivity index (χ2v) is 12.6. The maximum absolute atomic E-state index is 12.3. The van der Waals surface area contributed by atoms with E-state index in [-0.39, 0.29) is 5.91 Å². The summed E-state index contributed by atoms with van der Waals surface area (Å²) in [4.78, 5) is 45.2. The number of carbonyl (C=O) groups is 3. The van der Waals surface area contributed by atoms with Crippen molar-refractivity contribution in [3.63, 3.8) is 0 Å². The predicted octanol–water partition coefficient (Wildman–Crippen LogP) is 3.81. The molecule has 4 N–H and O–H groups in total. The van der Waals surface area contributed by atoms with Gasteiger partial charge in [0.2, 0.25) is 11.9 Å². The average molecular weight is 605 g/mol. The molecule has 3 amide bonds. The summed E-state index contributed by atoms with van der Waals surface area (Å²) in [6, 6.07) is 6.10. The number of hydrogen-bond donors (Lipinski definition) is 3. The van der Waals surface area contributed by atoms with Crippen LogP contribution in [0.1, 0.15) is 78.9 Å². The van der Waals surface area contributed by atoms with Crippen LogP contribution in [0.4, 0.5) is 9.59 Å². The standard InChI is InChI=1S/C31H52N6O6/c1-23(38)35-27(37-19-13-24-21-26(41-20-8-14-32)12-11-25(24)22-37)36(17-9-15-33-28(39)42-30(2,3)4)18-10-16-34-29(40)43-31(5,6)7/h11-12,21H,8-10,13-20,22,32H2,1-7H3,(H,33,39)(H,34,40). The molecule has 12 heteroatoms. The highest BCUT2D eigenvalue weighted by molar-refractivity contribution is 5.92. The Bertz CT molecular complexity index is 1060. The van der Waals surface area contributed by atoms with Gasteiger partial charge in [-0.1, -0.05) is 6.07 Å². The van der Waals surface area contributed by atoms with E-state index in [9.17, 15) is 14.4 Å². The Morgan fingerprint density at radius 2 is 1.51 bits per heavy atom. The maximum atomic E-state index is 12.3.